The van der Waals surface area contributed by atoms with Gasteiger partial charge in [-0.15, -0.1) is 0 Å². The summed E-state index contributed by atoms with van der Waals surface area (Å²) in [6, 6.07) is 12.7. The van der Waals surface area contributed by atoms with Crippen molar-refractivity contribution in [2.45, 2.75) is 32.6 Å². The van der Waals surface area contributed by atoms with E-state index in [0.717, 1.165) is 23.7 Å². The molecule has 0 unspecified atom stereocenters. The van der Waals surface area contributed by atoms with Crippen LogP contribution in [0.5, 0.6) is 0 Å². The van der Waals surface area contributed by atoms with Crippen molar-refractivity contribution in [3.8, 4) is 0 Å². The Labute approximate surface area is 163 Å². The first kappa shape index (κ1) is 18.1. The standard InChI is InChI=1S/C22H23N3O3/c1-2-28-22(27)24-16-10-8-15(9-11-16)23-21(26)14-7-12-20-18(13-14)17-5-3-4-6-19(17)25-20/h7-13,25H,2-6H2,1H3,(H,23,26)(H,24,27). The van der Waals surface area contributed by atoms with Crippen molar-refractivity contribution in [3.05, 3.63) is 59.3 Å². The van der Waals surface area contributed by atoms with Gasteiger partial charge in [0.2, 0.25) is 0 Å². The van der Waals surface area contributed by atoms with Crippen LogP contribution in [0.25, 0.3) is 10.9 Å². The second-order valence-electron chi connectivity index (χ2n) is 6.93. The molecule has 2 amide bonds. The Kier molecular flexibility index (Phi) is 5.02. The number of hydrogen-bond donors (Lipinski definition) is 3. The number of carbonyl (C=O) groups is 2. The average molecular weight is 377 g/mol. The van der Waals surface area contributed by atoms with E-state index in [4.69, 9.17) is 4.74 Å². The summed E-state index contributed by atoms with van der Waals surface area (Å²) in [6.07, 6.45) is 4.06. The Balaban J connectivity index is 1.48. The molecule has 28 heavy (non-hydrogen) atoms. The number of aromatic nitrogens is 1. The van der Waals surface area contributed by atoms with Gasteiger partial charge >= 0.3 is 6.09 Å². The monoisotopic (exact) mass is 377 g/mol. The van der Waals surface area contributed by atoms with E-state index in [-0.39, 0.29) is 5.91 Å². The topological polar surface area (TPSA) is 83.2 Å². The van der Waals surface area contributed by atoms with Crippen LogP contribution in [0, 0.1) is 0 Å². The molecule has 4 rings (SSSR count). The largest absolute Gasteiger partial charge is 0.450 e. The van der Waals surface area contributed by atoms with Crippen molar-refractivity contribution in [3.63, 3.8) is 0 Å². The summed E-state index contributed by atoms with van der Waals surface area (Å²) in [7, 11) is 0. The SMILES string of the molecule is CCOC(=O)Nc1ccc(NC(=O)c2ccc3[nH]c4c(c3c2)CCCC4)cc1. The molecule has 0 radical (unpaired) electrons. The Morgan fingerprint density at radius 3 is 2.46 bits per heavy atom. The smallest absolute Gasteiger partial charge is 0.411 e. The van der Waals surface area contributed by atoms with Gasteiger partial charge in [-0.05, 0) is 80.6 Å². The number of aromatic amines is 1. The minimum absolute atomic E-state index is 0.154. The molecule has 1 heterocycles. The van der Waals surface area contributed by atoms with Gasteiger partial charge in [-0.1, -0.05) is 0 Å². The number of carbonyl (C=O) groups excluding carboxylic acids is 2. The molecule has 0 saturated heterocycles. The highest BCUT2D eigenvalue weighted by Crippen LogP contribution is 2.30. The molecule has 1 aliphatic rings. The Morgan fingerprint density at radius 2 is 1.71 bits per heavy atom. The number of fused-ring (bicyclic) bond motifs is 3. The van der Waals surface area contributed by atoms with Crippen LogP contribution in [0.15, 0.2) is 42.5 Å². The third-order valence-corrected chi connectivity index (χ3v) is 5.02. The normalized spacial score (nSPS) is 13.0. The minimum atomic E-state index is -0.498. The Morgan fingerprint density at radius 1 is 1.00 bits per heavy atom. The summed E-state index contributed by atoms with van der Waals surface area (Å²) in [6.45, 7) is 2.06. The number of H-pyrrole nitrogens is 1. The van der Waals surface area contributed by atoms with Gasteiger partial charge in [-0.25, -0.2) is 4.79 Å². The van der Waals surface area contributed by atoms with Crippen molar-refractivity contribution >= 4 is 34.3 Å². The molecule has 0 bridgehead atoms. The number of anilines is 2. The van der Waals surface area contributed by atoms with Gasteiger partial charge in [0.1, 0.15) is 0 Å². The van der Waals surface area contributed by atoms with E-state index < -0.39 is 6.09 Å². The molecule has 0 saturated carbocycles. The zero-order chi connectivity index (χ0) is 19.5. The Bertz CT molecular complexity index is 1020. The van der Waals surface area contributed by atoms with Gasteiger partial charge in [0, 0.05) is 33.5 Å². The van der Waals surface area contributed by atoms with Crippen LogP contribution < -0.4 is 10.6 Å². The van der Waals surface area contributed by atoms with Gasteiger partial charge < -0.3 is 15.0 Å². The Hall–Kier alpha value is -3.28. The van der Waals surface area contributed by atoms with Crippen molar-refractivity contribution in [1.82, 2.24) is 4.98 Å². The van der Waals surface area contributed by atoms with E-state index in [2.05, 4.69) is 15.6 Å². The van der Waals surface area contributed by atoms with E-state index in [1.165, 1.54) is 24.1 Å². The van der Waals surface area contributed by atoms with E-state index in [9.17, 15) is 9.59 Å². The van der Waals surface area contributed by atoms with Crippen LogP contribution in [-0.2, 0) is 17.6 Å². The predicted molar refractivity (Wildman–Crippen MR) is 110 cm³/mol. The molecule has 3 N–H and O–H groups in total. The molecule has 6 nitrogen and oxygen atoms in total. The van der Waals surface area contributed by atoms with Crippen LogP contribution in [0.2, 0.25) is 0 Å². The molecule has 0 spiro atoms. The van der Waals surface area contributed by atoms with Crippen molar-refractivity contribution < 1.29 is 14.3 Å². The molecule has 0 atom stereocenters. The van der Waals surface area contributed by atoms with E-state index in [0.29, 0.717) is 23.5 Å². The zero-order valence-corrected chi connectivity index (χ0v) is 15.8. The van der Waals surface area contributed by atoms with Gasteiger partial charge in [0.15, 0.2) is 0 Å². The lowest BCUT2D eigenvalue weighted by Crippen LogP contribution is -2.14. The van der Waals surface area contributed by atoms with E-state index in [1.54, 1.807) is 31.2 Å². The molecular formula is C22H23N3O3. The quantitative estimate of drug-likeness (QED) is 0.607. The number of nitrogens with one attached hydrogen (secondary N) is 3. The third kappa shape index (κ3) is 3.71. The van der Waals surface area contributed by atoms with E-state index in [1.807, 2.05) is 18.2 Å². The average Bonchev–Trinajstić information content (AvgIpc) is 3.07. The maximum Gasteiger partial charge on any atom is 0.411 e. The highest BCUT2D eigenvalue weighted by Gasteiger charge is 2.17. The third-order valence-electron chi connectivity index (χ3n) is 5.02. The predicted octanol–water partition coefficient (Wildman–Crippen LogP) is 4.87. The number of amides is 2. The first-order valence-corrected chi connectivity index (χ1v) is 9.62. The lowest BCUT2D eigenvalue weighted by molar-refractivity contribution is 0.102. The number of rotatable bonds is 4. The second-order valence-corrected chi connectivity index (χ2v) is 6.93. The maximum atomic E-state index is 12.7. The van der Waals surface area contributed by atoms with Crippen molar-refractivity contribution in [2.75, 3.05) is 17.2 Å². The molecule has 2 aromatic carbocycles. The van der Waals surface area contributed by atoms with Crippen LogP contribution in [0.4, 0.5) is 16.2 Å². The first-order valence-electron chi connectivity index (χ1n) is 9.62. The number of aryl methyl sites for hydroxylation is 2. The van der Waals surface area contributed by atoms with Crippen LogP contribution >= 0.6 is 0 Å². The number of hydrogen-bond acceptors (Lipinski definition) is 3. The first-order chi connectivity index (χ1) is 13.6. The van der Waals surface area contributed by atoms with Crippen LogP contribution in [0.1, 0.15) is 41.4 Å². The van der Waals surface area contributed by atoms with Gasteiger partial charge in [-0.3, -0.25) is 10.1 Å². The zero-order valence-electron chi connectivity index (χ0n) is 15.8. The molecule has 3 aromatic rings. The fourth-order valence-electron chi connectivity index (χ4n) is 3.67. The molecule has 1 aromatic heterocycles. The van der Waals surface area contributed by atoms with Crippen LogP contribution in [-0.4, -0.2) is 23.6 Å². The summed E-state index contributed by atoms with van der Waals surface area (Å²) in [5, 5.41) is 6.68. The van der Waals surface area contributed by atoms with Crippen molar-refractivity contribution in [1.29, 1.82) is 0 Å². The molecule has 0 aliphatic heterocycles. The van der Waals surface area contributed by atoms with Gasteiger partial charge in [-0.2, -0.15) is 0 Å². The van der Waals surface area contributed by atoms with Gasteiger partial charge in [0.05, 0.1) is 6.61 Å². The second kappa shape index (κ2) is 7.76. The van der Waals surface area contributed by atoms with Crippen LogP contribution in [0.3, 0.4) is 0 Å². The summed E-state index contributed by atoms with van der Waals surface area (Å²) in [4.78, 5) is 27.6. The van der Waals surface area contributed by atoms with Crippen molar-refractivity contribution in [2.24, 2.45) is 0 Å². The molecule has 1 aliphatic carbocycles. The maximum absolute atomic E-state index is 12.7. The fourth-order valence-corrected chi connectivity index (χ4v) is 3.67. The summed E-state index contributed by atoms with van der Waals surface area (Å²) in [5.41, 5.74) is 5.66. The lowest BCUT2D eigenvalue weighted by atomic mass is 9.95. The van der Waals surface area contributed by atoms with Gasteiger partial charge in [0.25, 0.3) is 5.91 Å². The molecular weight excluding hydrogens is 354 g/mol. The minimum Gasteiger partial charge on any atom is -0.450 e. The lowest BCUT2D eigenvalue weighted by Gasteiger charge is -2.11. The molecule has 6 heteroatoms. The fraction of sp³-hybridized carbons (Fsp3) is 0.273. The highest BCUT2D eigenvalue weighted by atomic mass is 16.5. The van der Waals surface area contributed by atoms with E-state index >= 15 is 0 Å². The number of benzene rings is 2. The molecule has 0 fully saturated rings. The summed E-state index contributed by atoms with van der Waals surface area (Å²) in [5.74, 6) is -0.154. The highest BCUT2D eigenvalue weighted by molar-refractivity contribution is 6.06. The summed E-state index contributed by atoms with van der Waals surface area (Å²) < 4.78 is 4.84. The summed E-state index contributed by atoms with van der Waals surface area (Å²) >= 11 is 0. The number of ether oxygens (including phenoxy) is 1. The molecule has 144 valence electrons.